The van der Waals surface area contributed by atoms with Gasteiger partial charge >= 0.3 is 6.03 Å². The Morgan fingerprint density at radius 1 is 1.42 bits per heavy atom. The molecule has 0 unspecified atom stereocenters. The predicted molar refractivity (Wildman–Crippen MR) is 94.8 cm³/mol. The molecule has 2 saturated heterocycles. The molecule has 2 amide bonds. The van der Waals surface area contributed by atoms with Crippen molar-refractivity contribution in [3.05, 3.63) is 22.8 Å². The van der Waals surface area contributed by atoms with Crippen molar-refractivity contribution in [2.75, 3.05) is 25.9 Å². The molecule has 2 aliphatic heterocycles. The molecule has 2 aromatic rings. The van der Waals surface area contributed by atoms with Crippen molar-refractivity contribution in [1.29, 1.82) is 0 Å². The van der Waals surface area contributed by atoms with Crippen LogP contribution in [0, 0.1) is 0 Å². The number of imidazole rings is 1. The fraction of sp³-hybridized carbons (Fsp3) is 0.562. The number of rotatable bonds is 1. The molecule has 8 heteroatoms. The van der Waals surface area contributed by atoms with E-state index < -0.39 is 0 Å². The molecular formula is C16H21BrN6O. The zero-order chi connectivity index (χ0) is 17.1. The predicted octanol–water partition coefficient (Wildman–Crippen LogP) is 2.25. The summed E-state index contributed by atoms with van der Waals surface area (Å²) in [6.45, 7) is 3.70. The lowest BCUT2D eigenvalue weighted by atomic mass is 9.77. The average Bonchev–Trinajstić information content (AvgIpc) is 2.91. The molecule has 0 spiro atoms. The van der Waals surface area contributed by atoms with E-state index in [0.717, 1.165) is 37.1 Å². The van der Waals surface area contributed by atoms with Crippen LogP contribution in [0.25, 0.3) is 5.52 Å². The molecule has 7 nitrogen and oxygen atoms in total. The molecule has 2 N–H and O–H groups in total. The van der Waals surface area contributed by atoms with Crippen LogP contribution in [-0.2, 0) is 5.41 Å². The van der Waals surface area contributed by atoms with Crippen molar-refractivity contribution in [2.45, 2.75) is 37.6 Å². The van der Waals surface area contributed by atoms with Crippen LogP contribution in [0.1, 0.15) is 32.0 Å². The highest BCUT2D eigenvalue weighted by Gasteiger charge is 2.44. The van der Waals surface area contributed by atoms with Gasteiger partial charge in [0, 0.05) is 44.0 Å². The SMILES string of the molecule is CN1CC[C@@H]2CC[C@](C)(c3nc(Br)c4c(N)nccn34)CN2C1=O. The molecule has 4 heterocycles. The standard InChI is InChI=1S/C16H21BrN6O/c1-16(5-3-10-4-7-21(2)15(24)23(10)9-16)14-20-12(17)11-13(18)19-6-8-22(11)14/h6,8,10H,3-5,7,9H2,1-2H3,(H2,18,19)/t10-,16-/m0/s1. The topological polar surface area (TPSA) is 79.8 Å². The van der Waals surface area contributed by atoms with Gasteiger partial charge in [0.15, 0.2) is 5.82 Å². The number of fused-ring (bicyclic) bond motifs is 2. The molecule has 2 aromatic heterocycles. The number of hydrogen-bond acceptors (Lipinski definition) is 4. The number of nitrogen functional groups attached to an aromatic ring is 1. The Morgan fingerprint density at radius 3 is 3.00 bits per heavy atom. The number of anilines is 1. The Hall–Kier alpha value is -1.83. The normalized spacial score (nSPS) is 27.6. The summed E-state index contributed by atoms with van der Waals surface area (Å²) >= 11 is 3.51. The lowest BCUT2D eigenvalue weighted by Gasteiger charge is -2.48. The largest absolute Gasteiger partial charge is 0.382 e. The Kier molecular flexibility index (Phi) is 3.49. The fourth-order valence-corrected chi connectivity index (χ4v) is 4.60. The number of aromatic nitrogens is 3. The van der Waals surface area contributed by atoms with E-state index >= 15 is 0 Å². The molecule has 2 fully saturated rings. The first-order valence-corrected chi connectivity index (χ1v) is 9.00. The van der Waals surface area contributed by atoms with Crippen LogP contribution in [0.5, 0.6) is 0 Å². The van der Waals surface area contributed by atoms with Crippen molar-refractivity contribution in [2.24, 2.45) is 0 Å². The molecule has 0 bridgehead atoms. The summed E-state index contributed by atoms with van der Waals surface area (Å²) in [7, 11) is 1.87. The van der Waals surface area contributed by atoms with Gasteiger partial charge in [-0.3, -0.25) is 4.40 Å². The molecule has 0 aromatic carbocycles. The highest BCUT2D eigenvalue weighted by molar-refractivity contribution is 9.10. The van der Waals surface area contributed by atoms with E-state index in [4.69, 9.17) is 10.7 Å². The van der Waals surface area contributed by atoms with Gasteiger partial charge in [-0.2, -0.15) is 0 Å². The minimum absolute atomic E-state index is 0.123. The summed E-state index contributed by atoms with van der Waals surface area (Å²) in [4.78, 5) is 25.3. The Morgan fingerprint density at radius 2 is 2.21 bits per heavy atom. The Balaban J connectivity index is 1.77. The van der Waals surface area contributed by atoms with Crippen molar-refractivity contribution >= 4 is 33.3 Å². The van der Waals surface area contributed by atoms with Gasteiger partial charge < -0.3 is 15.5 Å². The summed E-state index contributed by atoms with van der Waals surface area (Å²) in [5, 5.41) is 0. The van der Waals surface area contributed by atoms with Crippen LogP contribution < -0.4 is 5.73 Å². The van der Waals surface area contributed by atoms with E-state index in [1.165, 1.54) is 0 Å². The number of amides is 2. The van der Waals surface area contributed by atoms with Crippen LogP contribution >= 0.6 is 15.9 Å². The molecule has 0 saturated carbocycles. The second kappa shape index (κ2) is 5.34. The smallest absolute Gasteiger partial charge is 0.320 e. The van der Waals surface area contributed by atoms with Gasteiger partial charge in [-0.15, -0.1) is 0 Å². The van der Waals surface area contributed by atoms with Crippen LogP contribution in [0.4, 0.5) is 10.6 Å². The van der Waals surface area contributed by atoms with E-state index in [9.17, 15) is 4.79 Å². The summed E-state index contributed by atoms with van der Waals surface area (Å²) in [5.74, 6) is 1.38. The third-order valence-electron chi connectivity index (χ3n) is 5.44. The quantitative estimate of drug-likeness (QED) is 0.806. The lowest BCUT2D eigenvalue weighted by molar-refractivity contribution is 0.0593. The van der Waals surface area contributed by atoms with Crippen molar-refractivity contribution < 1.29 is 4.79 Å². The van der Waals surface area contributed by atoms with Crippen LogP contribution in [0.2, 0.25) is 0 Å². The van der Waals surface area contributed by atoms with Crippen molar-refractivity contribution in [3.63, 3.8) is 0 Å². The van der Waals surface area contributed by atoms with Gasteiger partial charge in [0.2, 0.25) is 0 Å². The molecule has 2 aliphatic rings. The summed E-state index contributed by atoms with van der Waals surface area (Å²) in [6, 6.07) is 0.474. The van der Waals surface area contributed by atoms with Crippen molar-refractivity contribution in [1.82, 2.24) is 24.2 Å². The first-order chi connectivity index (χ1) is 11.4. The van der Waals surface area contributed by atoms with Gasteiger partial charge in [-0.05, 0) is 35.2 Å². The minimum atomic E-state index is -0.215. The summed E-state index contributed by atoms with van der Waals surface area (Å²) < 4.78 is 2.71. The Labute approximate surface area is 149 Å². The monoisotopic (exact) mass is 392 g/mol. The first kappa shape index (κ1) is 15.7. The second-order valence-electron chi connectivity index (χ2n) is 7.13. The first-order valence-electron chi connectivity index (χ1n) is 8.21. The summed E-state index contributed by atoms with van der Waals surface area (Å²) in [6.07, 6.45) is 6.62. The molecule has 2 atom stereocenters. The van der Waals surface area contributed by atoms with Gasteiger partial charge in [0.25, 0.3) is 0 Å². The van der Waals surface area contributed by atoms with Gasteiger partial charge in [0.1, 0.15) is 15.9 Å². The number of halogens is 1. The zero-order valence-corrected chi connectivity index (χ0v) is 15.5. The molecule has 0 aliphatic carbocycles. The van der Waals surface area contributed by atoms with Gasteiger partial charge in [-0.25, -0.2) is 14.8 Å². The number of carbonyl (C=O) groups is 1. The van der Waals surface area contributed by atoms with E-state index in [1.807, 2.05) is 27.4 Å². The molecule has 4 rings (SSSR count). The third-order valence-corrected chi connectivity index (χ3v) is 5.99. The molecule has 0 radical (unpaired) electrons. The number of nitrogens with zero attached hydrogens (tertiary/aromatic N) is 5. The third kappa shape index (κ3) is 2.19. The second-order valence-corrected chi connectivity index (χ2v) is 7.88. The van der Waals surface area contributed by atoms with Crippen molar-refractivity contribution in [3.8, 4) is 0 Å². The van der Waals surface area contributed by atoms with E-state index in [2.05, 4.69) is 27.8 Å². The number of carbonyl (C=O) groups excluding carboxylic acids is 1. The molecular weight excluding hydrogens is 372 g/mol. The molecule has 128 valence electrons. The van der Waals surface area contributed by atoms with Crippen LogP contribution in [0.15, 0.2) is 17.0 Å². The maximum Gasteiger partial charge on any atom is 0.320 e. The van der Waals surface area contributed by atoms with E-state index in [1.54, 1.807) is 6.20 Å². The average molecular weight is 393 g/mol. The van der Waals surface area contributed by atoms with E-state index in [-0.39, 0.29) is 11.4 Å². The van der Waals surface area contributed by atoms with Gasteiger partial charge in [0.05, 0.1) is 0 Å². The highest BCUT2D eigenvalue weighted by Crippen LogP contribution is 2.39. The fourth-order valence-electron chi connectivity index (χ4n) is 4.04. The lowest BCUT2D eigenvalue weighted by Crippen LogP contribution is -2.59. The number of hydrogen-bond donors (Lipinski definition) is 1. The Bertz CT molecular complexity index is 820. The molecule has 24 heavy (non-hydrogen) atoms. The van der Waals surface area contributed by atoms with Gasteiger partial charge in [-0.1, -0.05) is 6.92 Å². The minimum Gasteiger partial charge on any atom is -0.382 e. The zero-order valence-electron chi connectivity index (χ0n) is 13.9. The number of urea groups is 1. The highest BCUT2D eigenvalue weighted by atomic mass is 79.9. The maximum absolute atomic E-state index is 12.6. The number of nitrogens with two attached hydrogens (primary N) is 1. The maximum atomic E-state index is 12.6. The summed E-state index contributed by atoms with van der Waals surface area (Å²) in [5.41, 5.74) is 6.59. The van der Waals surface area contributed by atoms with Crippen LogP contribution in [0.3, 0.4) is 0 Å². The number of piperidine rings is 1. The van der Waals surface area contributed by atoms with E-state index in [0.29, 0.717) is 23.0 Å². The van der Waals surface area contributed by atoms with Crippen LogP contribution in [-0.4, -0.2) is 56.4 Å².